The maximum atomic E-state index is 12.2. The number of hydrogen-bond acceptors (Lipinski definition) is 2. The molecule has 0 atom stereocenters. The van der Waals surface area contributed by atoms with Crippen LogP contribution in [0.25, 0.3) is 0 Å². The first kappa shape index (κ1) is 10.0. The molecule has 13 heavy (non-hydrogen) atoms. The fraction of sp³-hybridized carbons (Fsp3) is 0.143. The fourth-order valence-corrected chi connectivity index (χ4v) is 1.43. The van der Waals surface area contributed by atoms with Crippen LogP contribution < -0.4 is 0 Å². The largest absolute Gasteiger partial charge is 0.283 e. The first-order valence-corrected chi connectivity index (χ1v) is 4.04. The van der Waals surface area contributed by atoms with Gasteiger partial charge in [0.1, 0.15) is 4.47 Å². The van der Waals surface area contributed by atoms with Crippen molar-refractivity contribution in [3.8, 4) is 0 Å². The van der Waals surface area contributed by atoms with Crippen molar-refractivity contribution in [2.75, 3.05) is 0 Å². The lowest BCUT2D eigenvalue weighted by molar-refractivity contribution is -0.385. The highest BCUT2D eigenvalue weighted by molar-refractivity contribution is 9.10. The monoisotopic (exact) mass is 251 g/mol. The molecule has 0 amide bonds. The number of nitrogens with zero attached hydrogens (tertiary/aromatic N) is 1. The van der Waals surface area contributed by atoms with E-state index in [2.05, 4.69) is 15.9 Å². The Bertz CT molecular complexity index is 343. The standard InChI is InChI=1S/C7H4BrF2NO2/c8-6-4(7(9)10)2-1-3-5(6)11(12)13/h1-3,7H. The lowest BCUT2D eigenvalue weighted by atomic mass is 10.2. The predicted molar refractivity (Wildman–Crippen MR) is 45.8 cm³/mol. The summed E-state index contributed by atoms with van der Waals surface area (Å²) >= 11 is 2.76. The molecule has 0 spiro atoms. The first-order valence-electron chi connectivity index (χ1n) is 3.25. The van der Waals surface area contributed by atoms with E-state index in [1.165, 1.54) is 6.07 Å². The van der Waals surface area contributed by atoms with Crippen LogP contribution in [0.5, 0.6) is 0 Å². The smallest absolute Gasteiger partial charge is 0.258 e. The number of nitro groups is 1. The van der Waals surface area contributed by atoms with E-state index in [0.29, 0.717) is 0 Å². The van der Waals surface area contributed by atoms with Crippen molar-refractivity contribution in [2.45, 2.75) is 6.43 Å². The summed E-state index contributed by atoms with van der Waals surface area (Å²) in [4.78, 5) is 9.61. The van der Waals surface area contributed by atoms with Crippen molar-refractivity contribution in [2.24, 2.45) is 0 Å². The highest BCUT2D eigenvalue weighted by Gasteiger charge is 2.19. The van der Waals surface area contributed by atoms with E-state index in [1.807, 2.05) is 0 Å². The number of halogens is 3. The normalized spacial score (nSPS) is 10.5. The van der Waals surface area contributed by atoms with Gasteiger partial charge in [0.05, 0.1) is 4.92 Å². The molecule has 3 nitrogen and oxygen atoms in total. The van der Waals surface area contributed by atoms with E-state index < -0.39 is 11.3 Å². The summed E-state index contributed by atoms with van der Waals surface area (Å²) in [5.41, 5.74) is -0.716. The second-order valence-corrected chi connectivity index (χ2v) is 3.03. The van der Waals surface area contributed by atoms with E-state index in [0.717, 1.165) is 12.1 Å². The molecule has 0 saturated heterocycles. The SMILES string of the molecule is O=[N+]([O-])c1cccc(C(F)F)c1Br. The summed E-state index contributed by atoms with van der Waals surface area (Å²) in [6.45, 7) is 0. The van der Waals surface area contributed by atoms with Crippen LogP contribution in [-0.2, 0) is 0 Å². The Morgan fingerprint density at radius 2 is 2.08 bits per heavy atom. The summed E-state index contributed by atoms with van der Waals surface area (Å²) in [6, 6.07) is 3.53. The van der Waals surface area contributed by atoms with Crippen LogP contribution in [0, 0.1) is 10.1 Å². The molecule has 0 bridgehead atoms. The Morgan fingerprint density at radius 3 is 2.54 bits per heavy atom. The topological polar surface area (TPSA) is 43.1 Å². The summed E-state index contributed by atoms with van der Waals surface area (Å²) < 4.78 is 24.3. The van der Waals surface area contributed by atoms with Crippen LogP contribution in [0.4, 0.5) is 14.5 Å². The lowest BCUT2D eigenvalue weighted by Gasteiger charge is -2.02. The number of hydrogen-bond donors (Lipinski definition) is 0. The van der Waals surface area contributed by atoms with Gasteiger partial charge in [-0.2, -0.15) is 0 Å². The average Bonchev–Trinajstić information content (AvgIpc) is 2.03. The van der Waals surface area contributed by atoms with E-state index in [9.17, 15) is 18.9 Å². The molecular formula is C7H4BrF2NO2. The molecule has 1 aromatic carbocycles. The van der Waals surface area contributed by atoms with E-state index in [1.54, 1.807) is 0 Å². The van der Waals surface area contributed by atoms with Crippen molar-refractivity contribution in [1.82, 2.24) is 0 Å². The Kier molecular flexibility index (Phi) is 2.92. The molecule has 1 aromatic rings. The molecule has 0 saturated carbocycles. The van der Waals surface area contributed by atoms with Crippen molar-refractivity contribution < 1.29 is 13.7 Å². The van der Waals surface area contributed by atoms with E-state index >= 15 is 0 Å². The number of rotatable bonds is 2. The quantitative estimate of drug-likeness (QED) is 0.598. The van der Waals surface area contributed by atoms with Gasteiger partial charge in [-0.25, -0.2) is 8.78 Å². The molecule has 0 fully saturated rings. The average molecular weight is 252 g/mol. The number of alkyl halides is 2. The summed E-state index contributed by atoms with van der Waals surface area (Å²) in [5.74, 6) is 0. The van der Waals surface area contributed by atoms with Crippen molar-refractivity contribution in [3.05, 3.63) is 38.3 Å². The van der Waals surface area contributed by atoms with Crippen LogP contribution in [0.1, 0.15) is 12.0 Å². The third-order valence-corrected chi connectivity index (χ3v) is 2.30. The molecule has 1 rings (SSSR count). The van der Waals surface area contributed by atoms with Crippen LogP contribution >= 0.6 is 15.9 Å². The van der Waals surface area contributed by atoms with Gasteiger partial charge in [0, 0.05) is 11.6 Å². The van der Waals surface area contributed by atoms with Gasteiger partial charge in [0.2, 0.25) is 0 Å². The fourth-order valence-electron chi connectivity index (χ4n) is 0.847. The summed E-state index contributed by atoms with van der Waals surface area (Å²) in [7, 11) is 0. The van der Waals surface area contributed by atoms with Crippen molar-refractivity contribution in [3.63, 3.8) is 0 Å². The van der Waals surface area contributed by atoms with Gasteiger partial charge in [-0.3, -0.25) is 10.1 Å². The first-order chi connectivity index (χ1) is 6.04. The molecule has 0 aliphatic carbocycles. The Morgan fingerprint density at radius 1 is 1.46 bits per heavy atom. The van der Waals surface area contributed by atoms with Gasteiger partial charge in [-0.05, 0) is 15.9 Å². The zero-order valence-corrected chi connectivity index (χ0v) is 7.79. The number of nitro benzene ring substituents is 1. The molecule has 70 valence electrons. The van der Waals surface area contributed by atoms with E-state index in [4.69, 9.17) is 0 Å². The van der Waals surface area contributed by atoms with Crippen LogP contribution in [0.3, 0.4) is 0 Å². The Hall–Kier alpha value is -1.04. The molecular weight excluding hydrogens is 248 g/mol. The van der Waals surface area contributed by atoms with E-state index in [-0.39, 0.29) is 15.7 Å². The third-order valence-electron chi connectivity index (χ3n) is 1.44. The number of benzene rings is 1. The van der Waals surface area contributed by atoms with Gasteiger partial charge in [-0.1, -0.05) is 12.1 Å². The highest BCUT2D eigenvalue weighted by Crippen LogP contribution is 2.33. The maximum absolute atomic E-state index is 12.2. The second-order valence-electron chi connectivity index (χ2n) is 2.24. The molecule has 0 aliphatic heterocycles. The van der Waals surface area contributed by atoms with Gasteiger partial charge in [-0.15, -0.1) is 0 Å². The Labute approximate surface area is 80.6 Å². The minimum absolute atomic E-state index is 0.157. The van der Waals surface area contributed by atoms with Gasteiger partial charge < -0.3 is 0 Å². The Balaban J connectivity index is 3.26. The molecule has 0 N–H and O–H groups in total. The van der Waals surface area contributed by atoms with Crippen LogP contribution in [0.2, 0.25) is 0 Å². The van der Waals surface area contributed by atoms with Gasteiger partial charge in [0.15, 0.2) is 0 Å². The molecule has 0 heterocycles. The van der Waals surface area contributed by atoms with Crippen molar-refractivity contribution >= 4 is 21.6 Å². The van der Waals surface area contributed by atoms with Gasteiger partial charge >= 0.3 is 0 Å². The van der Waals surface area contributed by atoms with Crippen LogP contribution in [-0.4, -0.2) is 4.92 Å². The molecule has 0 aliphatic rings. The molecule has 0 unspecified atom stereocenters. The van der Waals surface area contributed by atoms with Crippen molar-refractivity contribution in [1.29, 1.82) is 0 Å². The lowest BCUT2D eigenvalue weighted by Crippen LogP contribution is -1.93. The third kappa shape index (κ3) is 2.00. The molecule has 0 aromatic heterocycles. The maximum Gasteiger partial charge on any atom is 0.283 e. The summed E-state index contributed by atoms with van der Waals surface area (Å²) in [6.07, 6.45) is -2.71. The summed E-state index contributed by atoms with van der Waals surface area (Å²) in [5, 5.41) is 10.3. The molecule has 6 heteroatoms. The predicted octanol–water partition coefficient (Wildman–Crippen LogP) is 3.29. The minimum atomic E-state index is -2.71. The van der Waals surface area contributed by atoms with Gasteiger partial charge in [0.25, 0.3) is 12.1 Å². The zero-order valence-electron chi connectivity index (χ0n) is 6.21. The minimum Gasteiger partial charge on any atom is -0.258 e. The zero-order chi connectivity index (χ0) is 10.0. The second kappa shape index (κ2) is 3.78. The molecule has 0 radical (unpaired) electrons. The van der Waals surface area contributed by atoms with Crippen LogP contribution in [0.15, 0.2) is 22.7 Å². The highest BCUT2D eigenvalue weighted by atomic mass is 79.9.